The van der Waals surface area contributed by atoms with E-state index in [2.05, 4.69) is 17.1 Å². The first kappa shape index (κ1) is 30.8. The van der Waals surface area contributed by atoms with Gasteiger partial charge in [-0.05, 0) is 61.9 Å². The number of carbonyl (C=O) groups excluding carboxylic acids is 2. The molecule has 2 aliphatic heterocycles. The van der Waals surface area contributed by atoms with E-state index in [1.807, 2.05) is 29.2 Å². The fourth-order valence-electron chi connectivity index (χ4n) is 6.80. The van der Waals surface area contributed by atoms with Gasteiger partial charge in [0, 0.05) is 38.2 Å². The van der Waals surface area contributed by atoms with Crippen LogP contribution >= 0.6 is 11.6 Å². The summed E-state index contributed by atoms with van der Waals surface area (Å²) in [5.41, 5.74) is -0.267. The number of piperazine rings is 1. The van der Waals surface area contributed by atoms with Crippen molar-refractivity contribution in [3.63, 3.8) is 0 Å². The SMILES string of the molecule is CCCCN1C(=O)[C@@H](CC2(O)CCCCC2)NC(=O)C12CCN(Cc1ccc(OCc3c(F)cccc3Cl)cc1)CC2. The number of piperidine rings is 1. The molecule has 42 heavy (non-hydrogen) atoms. The molecular formula is C33H43ClFN3O4. The van der Waals surface area contributed by atoms with Crippen molar-refractivity contribution >= 4 is 23.4 Å². The molecule has 2 amide bonds. The van der Waals surface area contributed by atoms with Crippen molar-refractivity contribution in [2.24, 2.45) is 0 Å². The minimum absolute atomic E-state index is 0.0391. The van der Waals surface area contributed by atoms with Crippen LogP contribution in [0.25, 0.3) is 0 Å². The van der Waals surface area contributed by atoms with Crippen molar-refractivity contribution in [2.45, 2.75) is 101 Å². The van der Waals surface area contributed by atoms with Crippen molar-refractivity contribution in [1.82, 2.24) is 15.1 Å². The van der Waals surface area contributed by atoms with E-state index in [1.165, 1.54) is 6.07 Å². The van der Waals surface area contributed by atoms with Gasteiger partial charge in [-0.15, -0.1) is 0 Å². The molecule has 0 aromatic heterocycles. The highest BCUT2D eigenvalue weighted by atomic mass is 35.5. The first-order chi connectivity index (χ1) is 20.2. The number of hydrogen-bond acceptors (Lipinski definition) is 5. The number of benzene rings is 2. The second-order valence-corrected chi connectivity index (χ2v) is 12.7. The average molecular weight is 600 g/mol. The van der Waals surface area contributed by atoms with E-state index in [4.69, 9.17) is 16.3 Å². The number of nitrogens with zero attached hydrogens (tertiary/aromatic N) is 2. The molecule has 2 N–H and O–H groups in total. The predicted octanol–water partition coefficient (Wildman–Crippen LogP) is 5.61. The first-order valence-corrected chi connectivity index (χ1v) is 15.8. The lowest BCUT2D eigenvalue weighted by molar-refractivity contribution is -0.163. The standard InChI is InChI=1S/C33H43ClFN3O4/c1-2-3-18-38-30(39)29(21-32(41)14-5-4-6-15-32)36-31(40)33(38)16-19-37(20-17-33)22-24-10-12-25(13-11-24)42-23-26-27(34)8-7-9-28(26)35/h7-13,29,41H,2-6,14-23H2,1H3,(H,36,40)/t29-/m1/s1. The van der Waals surface area contributed by atoms with Gasteiger partial charge in [-0.1, -0.05) is 62.4 Å². The van der Waals surface area contributed by atoms with Crippen LogP contribution in [0.3, 0.4) is 0 Å². The smallest absolute Gasteiger partial charge is 0.246 e. The highest BCUT2D eigenvalue weighted by Gasteiger charge is 2.54. The highest BCUT2D eigenvalue weighted by Crippen LogP contribution is 2.37. The Kier molecular flexibility index (Phi) is 9.75. The summed E-state index contributed by atoms with van der Waals surface area (Å²) in [5, 5.41) is 14.5. The number of halogens is 2. The number of ether oxygens (including phenoxy) is 1. The molecule has 7 nitrogen and oxygen atoms in total. The summed E-state index contributed by atoms with van der Waals surface area (Å²) in [4.78, 5) is 31.7. The number of amides is 2. The van der Waals surface area contributed by atoms with Gasteiger partial charge >= 0.3 is 0 Å². The summed E-state index contributed by atoms with van der Waals surface area (Å²) in [6, 6.07) is 11.7. The van der Waals surface area contributed by atoms with Crippen LogP contribution < -0.4 is 10.1 Å². The molecule has 5 rings (SSSR count). The lowest BCUT2D eigenvalue weighted by Crippen LogP contribution is -2.73. The van der Waals surface area contributed by atoms with Gasteiger partial charge in [0.1, 0.15) is 29.8 Å². The molecule has 1 atom stereocenters. The van der Waals surface area contributed by atoms with E-state index in [-0.39, 0.29) is 24.2 Å². The molecule has 1 saturated carbocycles. The summed E-state index contributed by atoms with van der Waals surface area (Å²) in [7, 11) is 0. The van der Waals surface area contributed by atoms with E-state index in [0.717, 1.165) is 44.2 Å². The summed E-state index contributed by atoms with van der Waals surface area (Å²) >= 11 is 6.10. The van der Waals surface area contributed by atoms with Crippen LogP contribution in [0.2, 0.25) is 5.02 Å². The summed E-state index contributed by atoms with van der Waals surface area (Å²) in [5.74, 6) is 0.134. The number of rotatable bonds is 10. The van der Waals surface area contributed by atoms with Gasteiger partial charge in [-0.2, -0.15) is 0 Å². The van der Waals surface area contributed by atoms with Crippen LogP contribution in [0, 0.1) is 5.82 Å². The Morgan fingerprint density at radius 3 is 2.43 bits per heavy atom. The molecule has 1 aliphatic carbocycles. The number of unbranched alkanes of at least 4 members (excludes halogenated alkanes) is 1. The normalized spacial score (nSPS) is 22.3. The molecule has 2 aromatic rings. The lowest BCUT2D eigenvalue weighted by Gasteiger charge is -2.52. The van der Waals surface area contributed by atoms with Gasteiger partial charge in [0.05, 0.1) is 10.6 Å². The fraction of sp³-hybridized carbons (Fsp3) is 0.576. The Bertz CT molecular complexity index is 1220. The second-order valence-electron chi connectivity index (χ2n) is 12.3. The third kappa shape index (κ3) is 6.76. The van der Waals surface area contributed by atoms with E-state index in [1.54, 1.807) is 12.1 Å². The maximum absolute atomic E-state index is 14.0. The summed E-state index contributed by atoms with van der Waals surface area (Å²) < 4.78 is 19.8. The van der Waals surface area contributed by atoms with Gasteiger partial charge in [0.25, 0.3) is 0 Å². The number of likely N-dealkylation sites (tertiary alicyclic amines) is 1. The maximum Gasteiger partial charge on any atom is 0.246 e. The number of hydrogen-bond donors (Lipinski definition) is 2. The van der Waals surface area contributed by atoms with Crippen LogP contribution in [0.1, 0.15) is 82.3 Å². The quantitative estimate of drug-likeness (QED) is 0.371. The van der Waals surface area contributed by atoms with Crippen molar-refractivity contribution in [1.29, 1.82) is 0 Å². The van der Waals surface area contributed by atoms with Crippen molar-refractivity contribution in [3.05, 3.63) is 64.4 Å². The molecule has 2 heterocycles. The lowest BCUT2D eigenvalue weighted by atomic mass is 9.77. The largest absolute Gasteiger partial charge is 0.489 e. The van der Waals surface area contributed by atoms with Crippen molar-refractivity contribution < 1.29 is 23.8 Å². The summed E-state index contributed by atoms with van der Waals surface area (Å²) in [6.07, 6.45) is 7.66. The Morgan fingerprint density at radius 2 is 1.76 bits per heavy atom. The second kappa shape index (κ2) is 13.3. The molecule has 0 unspecified atom stereocenters. The molecule has 3 fully saturated rings. The average Bonchev–Trinajstić information content (AvgIpc) is 2.98. The van der Waals surface area contributed by atoms with E-state index in [0.29, 0.717) is 68.1 Å². The molecule has 0 bridgehead atoms. The molecule has 9 heteroatoms. The van der Waals surface area contributed by atoms with Crippen LogP contribution in [-0.4, -0.2) is 63.5 Å². The van der Waals surface area contributed by atoms with E-state index in [9.17, 15) is 19.1 Å². The zero-order valence-corrected chi connectivity index (χ0v) is 25.3. The van der Waals surface area contributed by atoms with Crippen LogP contribution in [-0.2, 0) is 22.7 Å². The third-order valence-electron chi connectivity index (χ3n) is 9.37. The van der Waals surface area contributed by atoms with Crippen LogP contribution in [0.5, 0.6) is 5.75 Å². The number of nitrogens with one attached hydrogen (secondary N) is 1. The maximum atomic E-state index is 14.0. The van der Waals surface area contributed by atoms with Gasteiger partial charge in [0.15, 0.2) is 0 Å². The zero-order valence-electron chi connectivity index (χ0n) is 24.5. The zero-order chi connectivity index (χ0) is 29.7. The minimum atomic E-state index is -0.873. The Balaban J connectivity index is 1.19. The van der Waals surface area contributed by atoms with Crippen LogP contribution in [0.15, 0.2) is 42.5 Å². The Labute approximate surface area is 253 Å². The van der Waals surface area contributed by atoms with Gasteiger partial charge in [-0.25, -0.2) is 4.39 Å². The molecule has 2 saturated heterocycles. The fourth-order valence-corrected chi connectivity index (χ4v) is 7.02. The Hall–Kier alpha value is -2.68. The molecular weight excluding hydrogens is 557 g/mol. The van der Waals surface area contributed by atoms with Crippen molar-refractivity contribution in [2.75, 3.05) is 19.6 Å². The van der Waals surface area contributed by atoms with Crippen LogP contribution in [0.4, 0.5) is 4.39 Å². The molecule has 0 radical (unpaired) electrons. The van der Waals surface area contributed by atoms with E-state index < -0.39 is 17.2 Å². The minimum Gasteiger partial charge on any atom is -0.489 e. The Morgan fingerprint density at radius 1 is 1.05 bits per heavy atom. The predicted molar refractivity (Wildman–Crippen MR) is 161 cm³/mol. The van der Waals surface area contributed by atoms with Gasteiger partial charge in [0.2, 0.25) is 11.8 Å². The van der Waals surface area contributed by atoms with E-state index >= 15 is 0 Å². The number of carbonyl (C=O) groups is 2. The molecule has 228 valence electrons. The number of aliphatic hydroxyl groups is 1. The third-order valence-corrected chi connectivity index (χ3v) is 9.72. The topological polar surface area (TPSA) is 82.1 Å². The van der Waals surface area contributed by atoms with Gasteiger partial charge in [-0.3, -0.25) is 14.5 Å². The first-order valence-electron chi connectivity index (χ1n) is 15.4. The molecule has 1 spiro atoms. The highest BCUT2D eigenvalue weighted by molar-refractivity contribution is 6.31. The van der Waals surface area contributed by atoms with Crippen molar-refractivity contribution in [3.8, 4) is 5.75 Å². The molecule has 3 aliphatic rings. The molecule has 2 aromatic carbocycles. The summed E-state index contributed by atoms with van der Waals surface area (Å²) in [6.45, 7) is 4.82. The van der Waals surface area contributed by atoms with Gasteiger partial charge < -0.3 is 20.1 Å². The monoisotopic (exact) mass is 599 g/mol.